The first-order valence-corrected chi connectivity index (χ1v) is 4.35. The van der Waals surface area contributed by atoms with Crippen LogP contribution in [0.25, 0.3) is 0 Å². The van der Waals surface area contributed by atoms with Crippen LogP contribution in [0.4, 0.5) is 5.69 Å². The molecule has 0 aliphatic rings. The van der Waals surface area contributed by atoms with Crippen molar-refractivity contribution in [3.8, 4) is 0 Å². The third-order valence-electron chi connectivity index (χ3n) is 1.60. The first kappa shape index (κ1) is 10.7. The molecule has 0 fully saturated rings. The lowest BCUT2D eigenvalue weighted by Crippen LogP contribution is -2.09. The van der Waals surface area contributed by atoms with E-state index in [4.69, 9.17) is 11.6 Å². The molecule has 1 aromatic rings. The van der Waals surface area contributed by atoms with Crippen LogP contribution in [0.15, 0.2) is 0 Å². The average molecular weight is 216 g/mol. The maximum atomic E-state index is 11.0. The molecule has 1 aromatic heterocycles. The normalized spacial score (nSPS) is 10.0. The largest absolute Gasteiger partial charge is 0.322 e. The number of anilines is 1. The summed E-state index contributed by atoms with van der Waals surface area (Å²) in [6.45, 7) is 4.37. The van der Waals surface area contributed by atoms with Gasteiger partial charge in [0.2, 0.25) is 11.8 Å². The summed E-state index contributed by atoms with van der Waals surface area (Å²) in [6, 6.07) is 0. The number of aromatic nitrogens is 2. The van der Waals surface area contributed by atoms with Gasteiger partial charge >= 0.3 is 0 Å². The monoisotopic (exact) mass is 215 g/mol. The molecule has 0 radical (unpaired) electrons. The highest BCUT2D eigenvalue weighted by molar-refractivity contribution is 6.33. The van der Waals surface area contributed by atoms with Crippen molar-refractivity contribution < 1.29 is 9.59 Å². The minimum Gasteiger partial charge on any atom is -0.322 e. The first-order valence-electron chi connectivity index (χ1n) is 3.97. The van der Waals surface area contributed by atoms with Gasteiger partial charge in [-0.05, 0) is 6.92 Å². The molecule has 14 heavy (non-hydrogen) atoms. The molecule has 5 nitrogen and oxygen atoms in total. The zero-order valence-electron chi connectivity index (χ0n) is 8.09. The van der Waals surface area contributed by atoms with E-state index in [-0.39, 0.29) is 17.0 Å². The Kier molecular flexibility index (Phi) is 2.90. The fraction of sp³-hybridized carbons (Fsp3) is 0.375. The highest BCUT2D eigenvalue weighted by Gasteiger charge is 2.16. The Morgan fingerprint density at radius 3 is 2.36 bits per heavy atom. The number of nitrogens with zero attached hydrogens (tertiary/aromatic N) is 2. The summed E-state index contributed by atoms with van der Waals surface area (Å²) in [5.41, 5.74) is 0.898. The number of hydrogen-bond acceptors (Lipinski definition) is 3. The lowest BCUT2D eigenvalue weighted by atomic mass is 10.4. The molecule has 0 aliphatic carbocycles. The highest BCUT2D eigenvalue weighted by Crippen LogP contribution is 2.25. The van der Waals surface area contributed by atoms with E-state index in [1.165, 1.54) is 13.8 Å². The summed E-state index contributed by atoms with van der Waals surface area (Å²) in [5, 5.41) is 6.52. The topological polar surface area (TPSA) is 64.0 Å². The Balaban J connectivity index is 3.17. The summed E-state index contributed by atoms with van der Waals surface area (Å²) in [4.78, 5) is 21.8. The van der Waals surface area contributed by atoms with Crippen LogP contribution in [0.5, 0.6) is 0 Å². The molecular weight excluding hydrogens is 206 g/mol. The van der Waals surface area contributed by atoms with Gasteiger partial charge in [0.15, 0.2) is 5.15 Å². The lowest BCUT2D eigenvalue weighted by molar-refractivity contribution is -0.114. The van der Waals surface area contributed by atoms with E-state index in [2.05, 4.69) is 10.4 Å². The van der Waals surface area contributed by atoms with Crippen molar-refractivity contribution in [2.75, 3.05) is 5.32 Å². The Morgan fingerprint density at radius 1 is 1.43 bits per heavy atom. The molecule has 0 saturated carbocycles. The second kappa shape index (κ2) is 3.79. The minimum atomic E-state index is -0.297. The Hall–Kier alpha value is -1.36. The van der Waals surface area contributed by atoms with Gasteiger partial charge in [0.25, 0.3) is 0 Å². The van der Waals surface area contributed by atoms with Gasteiger partial charge in [0.05, 0.1) is 5.69 Å². The number of rotatable bonds is 1. The minimum absolute atomic E-state index is 0.130. The molecule has 0 bridgehead atoms. The summed E-state index contributed by atoms with van der Waals surface area (Å²) in [7, 11) is 0. The van der Waals surface area contributed by atoms with E-state index in [0.29, 0.717) is 11.4 Å². The number of carbonyl (C=O) groups excluding carboxylic acids is 2. The van der Waals surface area contributed by atoms with Crippen molar-refractivity contribution in [2.45, 2.75) is 20.8 Å². The van der Waals surface area contributed by atoms with Crippen molar-refractivity contribution >= 4 is 29.1 Å². The molecule has 0 unspecified atom stereocenters. The predicted octanol–water partition coefficient (Wildman–Crippen LogP) is 1.46. The molecule has 0 atom stereocenters. The van der Waals surface area contributed by atoms with Crippen molar-refractivity contribution in [3.05, 3.63) is 10.8 Å². The van der Waals surface area contributed by atoms with E-state index >= 15 is 0 Å². The number of halogens is 1. The van der Waals surface area contributed by atoms with Gasteiger partial charge in [-0.15, -0.1) is 0 Å². The third-order valence-corrected chi connectivity index (χ3v) is 1.95. The van der Waals surface area contributed by atoms with Gasteiger partial charge in [-0.1, -0.05) is 11.6 Å². The molecule has 0 spiro atoms. The fourth-order valence-corrected chi connectivity index (χ4v) is 1.37. The molecule has 76 valence electrons. The zero-order valence-corrected chi connectivity index (χ0v) is 8.84. The summed E-state index contributed by atoms with van der Waals surface area (Å²) in [5.74, 6) is -0.548. The van der Waals surface area contributed by atoms with Crippen LogP contribution in [0.1, 0.15) is 24.3 Å². The van der Waals surface area contributed by atoms with Crippen LogP contribution in [0.2, 0.25) is 5.15 Å². The van der Waals surface area contributed by atoms with E-state index in [0.717, 1.165) is 4.68 Å². The van der Waals surface area contributed by atoms with Crippen LogP contribution in [0, 0.1) is 6.92 Å². The van der Waals surface area contributed by atoms with Gasteiger partial charge in [0, 0.05) is 13.8 Å². The van der Waals surface area contributed by atoms with Gasteiger partial charge in [-0.2, -0.15) is 9.78 Å². The van der Waals surface area contributed by atoms with Gasteiger partial charge in [-0.25, -0.2) is 0 Å². The Labute approximate surface area is 86.0 Å². The quantitative estimate of drug-likeness (QED) is 0.772. The van der Waals surface area contributed by atoms with Gasteiger partial charge in [0.1, 0.15) is 5.69 Å². The number of hydrogen-bond donors (Lipinski definition) is 1. The first-order chi connectivity index (χ1) is 6.43. The summed E-state index contributed by atoms with van der Waals surface area (Å²) >= 11 is 5.83. The number of carbonyl (C=O) groups is 2. The number of aryl methyl sites for hydroxylation is 1. The molecule has 0 aromatic carbocycles. The molecule has 0 aliphatic heterocycles. The SMILES string of the molecule is CC(=O)Nc1c(C)nn(C(C)=O)c1Cl. The number of nitrogens with one attached hydrogen (secondary N) is 1. The second-order valence-corrected chi connectivity index (χ2v) is 3.22. The molecule has 1 N–H and O–H groups in total. The molecule has 0 saturated heterocycles. The van der Waals surface area contributed by atoms with Crippen molar-refractivity contribution in [1.29, 1.82) is 0 Å². The number of amides is 1. The van der Waals surface area contributed by atoms with Crippen LogP contribution >= 0.6 is 11.6 Å². The van der Waals surface area contributed by atoms with Crippen LogP contribution < -0.4 is 5.32 Å². The van der Waals surface area contributed by atoms with E-state index in [9.17, 15) is 9.59 Å². The summed E-state index contributed by atoms with van der Waals surface area (Å²) in [6.07, 6.45) is 0. The lowest BCUT2D eigenvalue weighted by Gasteiger charge is -1.99. The second-order valence-electron chi connectivity index (χ2n) is 2.86. The van der Waals surface area contributed by atoms with E-state index in [1.807, 2.05) is 0 Å². The highest BCUT2D eigenvalue weighted by atomic mass is 35.5. The maximum Gasteiger partial charge on any atom is 0.245 e. The van der Waals surface area contributed by atoms with Crippen LogP contribution in [0.3, 0.4) is 0 Å². The average Bonchev–Trinajstić information content (AvgIpc) is 2.31. The van der Waals surface area contributed by atoms with Gasteiger partial charge in [-0.3, -0.25) is 9.59 Å². The Morgan fingerprint density at radius 2 is 2.00 bits per heavy atom. The predicted molar refractivity (Wildman–Crippen MR) is 52.6 cm³/mol. The molecule has 1 amide bonds. The standard InChI is InChI=1S/C8H10ClN3O2/c1-4-7(10-5(2)13)8(9)12(11-4)6(3)14/h1-3H3,(H,10,13). The smallest absolute Gasteiger partial charge is 0.245 e. The van der Waals surface area contributed by atoms with E-state index < -0.39 is 0 Å². The zero-order chi connectivity index (χ0) is 10.9. The fourth-order valence-electron chi connectivity index (χ4n) is 1.03. The van der Waals surface area contributed by atoms with Crippen molar-refractivity contribution in [2.24, 2.45) is 0 Å². The maximum absolute atomic E-state index is 11.0. The van der Waals surface area contributed by atoms with Crippen molar-refractivity contribution in [3.63, 3.8) is 0 Å². The van der Waals surface area contributed by atoms with Crippen molar-refractivity contribution in [1.82, 2.24) is 9.78 Å². The molecular formula is C8H10ClN3O2. The molecule has 6 heteroatoms. The third kappa shape index (κ3) is 1.93. The summed E-state index contributed by atoms with van der Waals surface area (Å²) < 4.78 is 1.04. The van der Waals surface area contributed by atoms with Crippen LogP contribution in [-0.2, 0) is 4.79 Å². The van der Waals surface area contributed by atoms with Crippen LogP contribution in [-0.4, -0.2) is 21.6 Å². The van der Waals surface area contributed by atoms with Gasteiger partial charge < -0.3 is 5.32 Å². The molecule has 1 heterocycles. The molecule has 1 rings (SSSR count). The Bertz CT molecular complexity index is 398. The van der Waals surface area contributed by atoms with E-state index in [1.54, 1.807) is 6.92 Å².